The summed E-state index contributed by atoms with van der Waals surface area (Å²) in [7, 11) is 9.80. The smallest absolute Gasteiger partial charge is 0.246 e. The van der Waals surface area contributed by atoms with E-state index < -0.39 is 156 Å². The van der Waals surface area contributed by atoms with Crippen molar-refractivity contribution in [2.45, 2.75) is 216 Å². The topological polar surface area (TPSA) is 299 Å². The quantitative estimate of drug-likeness (QED) is 0.121. The number of carbonyl (C=O) groups is 11. The fourth-order valence-corrected chi connectivity index (χ4v) is 10.7. The molecule has 0 aromatic heterocycles. The van der Waals surface area contributed by atoms with Gasteiger partial charge < -0.3 is 65.8 Å². The monoisotopic (exact) mass is 1220 g/mol. The van der Waals surface area contributed by atoms with Crippen molar-refractivity contribution in [3.05, 3.63) is 12.2 Å². The number of aliphatic hydroxyl groups excluding tert-OH is 2. The van der Waals surface area contributed by atoms with Crippen LogP contribution in [0.15, 0.2) is 12.2 Å². The molecule has 0 spiro atoms. The molecular weight excluding hydrogens is 1110 g/mol. The fraction of sp³-hybridized carbons (Fsp3) is 0.790. The molecule has 0 saturated carbocycles. The van der Waals surface area contributed by atoms with E-state index in [2.05, 4.69) is 21.3 Å². The molecule has 0 bridgehead atoms. The van der Waals surface area contributed by atoms with Gasteiger partial charge in [-0.3, -0.25) is 52.7 Å². The minimum absolute atomic E-state index is 0.00425. The first kappa shape index (κ1) is 77.8. The van der Waals surface area contributed by atoms with Crippen LogP contribution in [-0.2, 0) is 52.7 Å². The van der Waals surface area contributed by atoms with Crippen LogP contribution in [0.4, 0.5) is 0 Å². The van der Waals surface area contributed by atoms with Crippen LogP contribution >= 0.6 is 0 Å². The molecule has 0 aromatic rings. The molecule has 0 radical (unpaired) electrons. The van der Waals surface area contributed by atoms with E-state index in [0.29, 0.717) is 0 Å². The predicted octanol–water partition coefficient (Wildman–Crippen LogP) is 2.24. The Morgan fingerprint density at radius 3 is 1.33 bits per heavy atom. The third-order valence-corrected chi connectivity index (χ3v) is 16.1. The zero-order valence-corrected chi connectivity index (χ0v) is 56.2. The van der Waals surface area contributed by atoms with Crippen molar-refractivity contribution in [3.63, 3.8) is 0 Å². The zero-order chi connectivity index (χ0) is 66.7. The summed E-state index contributed by atoms with van der Waals surface area (Å²) in [6.07, 6.45) is 2.22. The maximum absolute atomic E-state index is 15.1. The van der Waals surface area contributed by atoms with E-state index in [1.807, 2.05) is 55.4 Å². The first-order valence-electron chi connectivity index (χ1n) is 30.7. The summed E-state index contributed by atoms with van der Waals surface area (Å²) in [6, 6.07) is -12.5. The van der Waals surface area contributed by atoms with Gasteiger partial charge in [0, 0.05) is 49.3 Å². The number of amides is 11. The molecule has 1 fully saturated rings. The van der Waals surface area contributed by atoms with Crippen molar-refractivity contribution in [2.24, 2.45) is 41.4 Å². The highest BCUT2D eigenvalue weighted by atomic mass is 16.3. The maximum Gasteiger partial charge on any atom is 0.246 e. The lowest BCUT2D eigenvalue weighted by atomic mass is 9.91. The first-order valence-corrected chi connectivity index (χ1v) is 30.7. The van der Waals surface area contributed by atoms with Crippen molar-refractivity contribution in [1.29, 1.82) is 0 Å². The van der Waals surface area contributed by atoms with Crippen LogP contribution in [0, 0.1) is 41.4 Å². The Morgan fingerprint density at radius 1 is 0.453 bits per heavy atom. The van der Waals surface area contributed by atoms with Gasteiger partial charge in [-0.1, -0.05) is 109 Å². The largest absolute Gasteiger partial charge is 0.392 e. The Morgan fingerprint density at radius 2 is 0.872 bits per heavy atom. The number of nitrogens with one attached hydrogen (secondary N) is 4. The summed E-state index contributed by atoms with van der Waals surface area (Å²) in [4.78, 5) is 168. The van der Waals surface area contributed by atoms with Gasteiger partial charge in [0.05, 0.1) is 19.3 Å². The summed E-state index contributed by atoms with van der Waals surface area (Å²) < 4.78 is 0. The molecule has 492 valence electrons. The van der Waals surface area contributed by atoms with Crippen LogP contribution in [0.3, 0.4) is 0 Å². The average molecular weight is 1220 g/mol. The molecule has 0 aromatic carbocycles. The molecule has 1 aliphatic heterocycles. The van der Waals surface area contributed by atoms with E-state index in [-0.39, 0.29) is 68.8 Å². The molecule has 2 unspecified atom stereocenters. The number of hydrogen-bond acceptors (Lipinski definition) is 13. The Bertz CT molecular complexity index is 2350. The molecule has 24 heteroatoms. The fourth-order valence-electron chi connectivity index (χ4n) is 10.7. The third-order valence-electron chi connectivity index (χ3n) is 16.1. The predicted molar refractivity (Wildman–Crippen MR) is 330 cm³/mol. The molecule has 12 atom stereocenters. The standard InChI is InChI=1S/C62H111N11O13/c1-24-43-58(82)67(17)33-48(75)68(18)44(29-34(2)3)55(79)66-49(38(10)11)61(85)69(19)45(30-35(4)5)54(78)63-41(15)53(77)64-42(16)57(81)70(20)46(31-36(6)7)59(83)71(21)47(32-37(8)9)60(84)72(22)50(39(12)13)62(86)73(23)51(56(80)65-43)52(76)40(14)27-25-26-28-74/h25-26,34-47,49-52,74,76H,24,27-33H2,1-23H3,(H,63,78)(H,64,77)(H,65,80)(H,66,79)/b26-25+/t40?,41-,42-,43-,44-,45-,46-,47-,49-,50-,51-,52?/m0/s1. The molecule has 86 heavy (non-hydrogen) atoms. The van der Waals surface area contributed by atoms with Crippen molar-refractivity contribution in [2.75, 3.05) is 62.5 Å². The van der Waals surface area contributed by atoms with Crippen molar-refractivity contribution in [1.82, 2.24) is 55.6 Å². The summed E-state index contributed by atoms with van der Waals surface area (Å²) in [6.45, 7) is 27.0. The van der Waals surface area contributed by atoms with E-state index in [0.717, 1.165) is 9.80 Å². The summed E-state index contributed by atoms with van der Waals surface area (Å²) >= 11 is 0. The second-order valence-corrected chi connectivity index (χ2v) is 26.2. The summed E-state index contributed by atoms with van der Waals surface area (Å²) in [5.74, 6) is -10.1. The van der Waals surface area contributed by atoms with E-state index in [4.69, 9.17) is 0 Å². The van der Waals surface area contributed by atoms with Crippen molar-refractivity contribution >= 4 is 65.0 Å². The molecule has 24 nitrogen and oxygen atoms in total. The minimum Gasteiger partial charge on any atom is -0.392 e. The molecule has 6 N–H and O–H groups in total. The number of hydrogen-bond donors (Lipinski definition) is 6. The van der Waals surface area contributed by atoms with Gasteiger partial charge >= 0.3 is 0 Å². The Labute approximate surface area is 513 Å². The lowest BCUT2D eigenvalue weighted by molar-refractivity contribution is -0.157. The SMILES string of the molecule is CC[C@@H]1NC(=O)[C@H](C(O)C(C)C/C=C/CO)N(C)C(=O)[C@H](C(C)C)N(C)C(=O)[C@H](CC(C)C)N(C)C(=O)[C@H](CC(C)C)N(C)C(=O)[C@H](C)NC(=O)[C@H](C)NC(=O)[C@H](CC(C)C)N(C)C(=O)[C@H](C(C)C)NC(=O)[C@H](CC(C)C)N(C)C(=O)CN(C)C1=O. The number of allylic oxidation sites excluding steroid dienone is 1. The zero-order valence-electron chi connectivity index (χ0n) is 56.2. The van der Waals surface area contributed by atoms with Crippen LogP contribution in [0.5, 0.6) is 0 Å². The number of carbonyl (C=O) groups excluding carboxylic acids is 11. The van der Waals surface area contributed by atoms with E-state index in [9.17, 15) is 53.4 Å². The lowest BCUT2D eigenvalue weighted by Gasteiger charge is -2.41. The molecule has 1 rings (SSSR count). The minimum atomic E-state index is -1.67. The third kappa shape index (κ3) is 21.9. The Kier molecular flexibility index (Phi) is 32.2. The van der Waals surface area contributed by atoms with Crippen LogP contribution in [-0.4, -0.2) is 238 Å². The lowest BCUT2D eigenvalue weighted by Crippen LogP contribution is -2.63. The normalized spacial score (nSPS) is 26.7. The van der Waals surface area contributed by atoms with Gasteiger partial charge in [0.15, 0.2) is 0 Å². The van der Waals surface area contributed by atoms with E-state index in [1.165, 1.54) is 93.8 Å². The molecule has 1 saturated heterocycles. The Hall–Kier alpha value is -6.17. The second kappa shape index (κ2) is 35.6. The Balaban J connectivity index is 4.33. The van der Waals surface area contributed by atoms with Crippen LogP contribution < -0.4 is 21.3 Å². The number of rotatable bonds is 16. The number of likely N-dealkylation sites (N-methyl/N-ethyl adjacent to an activating group) is 7. The van der Waals surface area contributed by atoms with E-state index in [1.54, 1.807) is 47.6 Å². The van der Waals surface area contributed by atoms with E-state index >= 15 is 9.59 Å². The average Bonchev–Trinajstić information content (AvgIpc) is 1.45. The van der Waals surface area contributed by atoms with Gasteiger partial charge in [-0.2, -0.15) is 0 Å². The number of nitrogens with zero attached hydrogens (tertiary/aromatic N) is 7. The van der Waals surface area contributed by atoms with Gasteiger partial charge in [0.1, 0.15) is 60.4 Å². The molecular formula is C62H111N11O13. The maximum atomic E-state index is 15.1. The second-order valence-electron chi connectivity index (χ2n) is 26.2. The van der Waals surface area contributed by atoms with Gasteiger partial charge in [-0.25, -0.2) is 0 Å². The molecule has 0 aliphatic carbocycles. The van der Waals surface area contributed by atoms with Gasteiger partial charge in [0.2, 0.25) is 65.0 Å². The van der Waals surface area contributed by atoms with Gasteiger partial charge in [-0.15, -0.1) is 0 Å². The summed E-state index contributed by atoms with van der Waals surface area (Å²) in [5, 5.41) is 32.5. The number of aliphatic hydroxyl groups is 2. The van der Waals surface area contributed by atoms with Crippen LogP contribution in [0.1, 0.15) is 149 Å². The summed E-state index contributed by atoms with van der Waals surface area (Å²) in [5.41, 5.74) is 0. The highest BCUT2D eigenvalue weighted by Crippen LogP contribution is 2.26. The molecule has 11 amide bonds. The van der Waals surface area contributed by atoms with Gasteiger partial charge in [-0.05, 0) is 93.8 Å². The highest BCUT2D eigenvalue weighted by Gasteiger charge is 2.45. The highest BCUT2D eigenvalue weighted by molar-refractivity contribution is 5.99. The van der Waals surface area contributed by atoms with Crippen molar-refractivity contribution in [3.8, 4) is 0 Å². The molecule has 1 heterocycles. The van der Waals surface area contributed by atoms with Crippen LogP contribution in [0.25, 0.3) is 0 Å². The molecule has 1 aliphatic rings. The van der Waals surface area contributed by atoms with Crippen LogP contribution in [0.2, 0.25) is 0 Å². The first-order chi connectivity index (χ1) is 39.7. The van der Waals surface area contributed by atoms with Gasteiger partial charge in [0.25, 0.3) is 0 Å². The van der Waals surface area contributed by atoms with Crippen molar-refractivity contribution < 1.29 is 63.0 Å².